The van der Waals surface area contributed by atoms with Crippen molar-refractivity contribution in [3.05, 3.63) is 0 Å². The standard InChI is InChI=1S/C15H27N3OS/c1-2-7-18-14(5-1)13-15(16-18)19-10-4-3-6-17-8-11-20-12-9-17/h14H,1-13H2. The molecule has 114 valence electrons. The molecule has 0 spiro atoms. The molecule has 0 aliphatic carbocycles. The van der Waals surface area contributed by atoms with Crippen molar-refractivity contribution in [1.82, 2.24) is 9.91 Å². The van der Waals surface area contributed by atoms with Crippen LogP contribution in [0.2, 0.25) is 0 Å². The van der Waals surface area contributed by atoms with Gasteiger partial charge in [0.1, 0.15) is 0 Å². The highest BCUT2D eigenvalue weighted by molar-refractivity contribution is 7.99. The molecule has 0 bridgehead atoms. The van der Waals surface area contributed by atoms with Gasteiger partial charge < -0.3 is 9.64 Å². The largest absolute Gasteiger partial charge is 0.480 e. The van der Waals surface area contributed by atoms with Crippen LogP contribution in [-0.4, -0.2) is 66.1 Å². The summed E-state index contributed by atoms with van der Waals surface area (Å²) in [5.41, 5.74) is 0. The Balaban J connectivity index is 1.26. The number of ether oxygens (including phenoxy) is 1. The van der Waals surface area contributed by atoms with Crippen LogP contribution in [0.3, 0.4) is 0 Å². The van der Waals surface area contributed by atoms with E-state index in [0.717, 1.165) is 31.9 Å². The van der Waals surface area contributed by atoms with E-state index in [9.17, 15) is 0 Å². The SMILES string of the molecule is C(CCN1CCSCC1)COC1=NN2CCCCC2C1. The number of rotatable bonds is 5. The van der Waals surface area contributed by atoms with Crippen molar-refractivity contribution in [2.24, 2.45) is 5.10 Å². The number of hydrogen-bond acceptors (Lipinski definition) is 5. The van der Waals surface area contributed by atoms with E-state index in [2.05, 4.69) is 26.8 Å². The zero-order chi connectivity index (χ0) is 13.6. The first kappa shape index (κ1) is 14.5. The van der Waals surface area contributed by atoms with Gasteiger partial charge in [0.15, 0.2) is 0 Å². The maximum absolute atomic E-state index is 5.87. The summed E-state index contributed by atoms with van der Waals surface area (Å²) in [5.74, 6) is 3.61. The van der Waals surface area contributed by atoms with E-state index < -0.39 is 0 Å². The second-order valence-electron chi connectivity index (χ2n) is 6.02. The predicted molar refractivity (Wildman–Crippen MR) is 85.3 cm³/mol. The monoisotopic (exact) mass is 297 g/mol. The lowest BCUT2D eigenvalue weighted by molar-refractivity contribution is 0.178. The average Bonchev–Trinajstić information content (AvgIpc) is 2.90. The number of thioether (sulfide) groups is 1. The van der Waals surface area contributed by atoms with Crippen LogP contribution < -0.4 is 0 Å². The van der Waals surface area contributed by atoms with E-state index in [4.69, 9.17) is 4.74 Å². The van der Waals surface area contributed by atoms with Crippen LogP contribution in [0.1, 0.15) is 38.5 Å². The van der Waals surface area contributed by atoms with Gasteiger partial charge in [0.2, 0.25) is 5.90 Å². The Bertz CT molecular complexity index is 331. The Labute approximate surface area is 126 Å². The van der Waals surface area contributed by atoms with Gasteiger partial charge in [-0.2, -0.15) is 11.8 Å². The highest BCUT2D eigenvalue weighted by atomic mass is 32.2. The maximum Gasteiger partial charge on any atom is 0.208 e. The quantitative estimate of drug-likeness (QED) is 0.729. The van der Waals surface area contributed by atoms with Crippen LogP contribution in [0.15, 0.2) is 5.10 Å². The van der Waals surface area contributed by atoms with Gasteiger partial charge in [-0.3, -0.25) is 5.01 Å². The molecule has 0 aromatic carbocycles. The molecule has 1 unspecified atom stereocenters. The molecule has 3 rings (SSSR count). The predicted octanol–water partition coefficient (Wildman–Crippen LogP) is 2.40. The average molecular weight is 297 g/mol. The summed E-state index contributed by atoms with van der Waals surface area (Å²) >= 11 is 2.08. The summed E-state index contributed by atoms with van der Waals surface area (Å²) < 4.78 is 5.87. The molecule has 4 nitrogen and oxygen atoms in total. The van der Waals surface area contributed by atoms with Gasteiger partial charge in [0, 0.05) is 37.6 Å². The van der Waals surface area contributed by atoms with Crippen LogP contribution in [0.25, 0.3) is 0 Å². The Kier molecular flexibility index (Phi) is 5.48. The van der Waals surface area contributed by atoms with Crippen LogP contribution in [-0.2, 0) is 4.74 Å². The smallest absolute Gasteiger partial charge is 0.208 e. The zero-order valence-corrected chi connectivity index (χ0v) is 13.2. The molecule has 0 aromatic rings. The number of unbranched alkanes of at least 4 members (excludes halogenated alkanes) is 1. The van der Waals surface area contributed by atoms with Crippen molar-refractivity contribution in [3.63, 3.8) is 0 Å². The molecule has 0 N–H and O–H groups in total. The summed E-state index contributed by atoms with van der Waals surface area (Å²) in [7, 11) is 0. The van der Waals surface area contributed by atoms with E-state index in [1.54, 1.807) is 0 Å². The highest BCUT2D eigenvalue weighted by Crippen LogP contribution is 2.25. The second-order valence-corrected chi connectivity index (χ2v) is 7.24. The van der Waals surface area contributed by atoms with Crippen LogP contribution in [0.5, 0.6) is 0 Å². The fraction of sp³-hybridized carbons (Fsp3) is 0.933. The van der Waals surface area contributed by atoms with Crippen LogP contribution >= 0.6 is 11.8 Å². The van der Waals surface area contributed by atoms with E-state index in [1.807, 2.05) is 0 Å². The molecule has 2 fully saturated rings. The number of hydrogen-bond donors (Lipinski definition) is 0. The lowest BCUT2D eigenvalue weighted by Crippen LogP contribution is -2.33. The highest BCUT2D eigenvalue weighted by Gasteiger charge is 2.29. The van der Waals surface area contributed by atoms with Crippen molar-refractivity contribution in [2.45, 2.75) is 44.6 Å². The van der Waals surface area contributed by atoms with Crippen molar-refractivity contribution < 1.29 is 4.74 Å². The molecule has 0 amide bonds. The normalized spacial score (nSPS) is 27.3. The minimum Gasteiger partial charge on any atom is -0.480 e. The van der Waals surface area contributed by atoms with E-state index >= 15 is 0 Å². The molecule has 1 atom stereocenters. The number of piperidine rings is 1. The first-order valence-corrected chi connectivity index (χ1v) is 9.34. The molecule has 20 heavy (non-hydrogen) atoms. The van der Waals surface area contributed by atoms with Gasteiger partial charge in [-0.1, -0.05) is 0 Å². The Morgan fingerprint density at radius 3 is 2.90 bits per heavy atom. The third kappa shape index (κ3) is 4.04. The molecule has 3 aliphatic rings. The van der Waals surface area contributed by atoms with Crippen LogP contribution in [0, 0.1) is 0 Å². The minimum absolute atomic E-state index is 0.643. The molecule has 2 saturated heterocycles. The second kappa shape index (κ2) is 7.55. The van der Waals surface area contributed by atoms with Gasteiger partial charge in [0.05, 0.1) is 12.6 Å². The van der Waals surface area contributed by atoms with Crippen molar-refractivity contribution in [3.8, 4) is 0 Å². The minimum atomic E-state index is 0.643. The van der Waals surface area contributed by atoms with Gasteiger partial charge in [-0.05, 0) is 38.6 Å². The summed E-state index contributed by atoms with van der Waals surface area (Å²) in [6, 6.07) is 0.643. The molecule has 3 heterocycles. The lowest BCUT2D eigenvalue weighted by atomic mass is 10.0. The first-order chi connectivity index (χ1) is 9.92. The Hall–Kier alpha value is -0.420. The summed E-state index contributed by atoms with van der Waals surface area (Å²) in [4.78, 5) is 2.59. The molecule has 0 aromatic heterocycles. The number of hydrazone groups is 1. The van der Waals surface area contributed by atoms with Crippen molar-refractivity contribution in [1.29, 1.82) is 0 Å². The van der Waals surface area contributed by atoms with Crippen LogP contribution in [0.4, 0.5) is 0 Å². The maximum atomic E-state index is 5.87. The van der Waals surface area contributed by atoms with Gasteiger partial charge >= 0.3 is 0 Å². The topological polar surface area (TPSA) is 28.1 Å². The summed E-state index contributed by atoms with van der Waals surface area (Å²) in [6.45, 7) is 5.77. The van der Waals surface area contributed by atoms with Crippen molar-refractivity contribution in [2.75, 3.05) is 44.3 Å². The first-order valence-electron chi connectivity index (χ1n) is 8.19. The zero-order valence-electron chi connectivity index (χ0n) is 12.4. The molecular weight excluding hydrogens is 270 g/mol. The third-order valence-corrected chi connectivity index (χ3v) is 5.43. The van der Waals surface area contributed by atoms with Gasteiger partial charge in [-0.15, -0.1) is 5.10 Å². The molecule has 3 aliphatic heterocycles. The summed E-state index contributed by atoms with van der Waals surface area (Å²) in [6.07, 6.45) is 7.41. The fourth-order valence-corrected chi connectivity index (χ4v) is 4.23. The van der Waals surface area contributed by atoms with Gasteiger partial charge in [0.25, 0.3) is 0 Å². The molecular formula is C15H27N3OS. The van der Waals surface area contributed by atoms with E-state index in [-0.39, 0.29) is 0 Å². The summed E-state index contributed by atoms with van der Waals surface area (Å²) in [5, 5.41) is 6.87. The Morgan fingerprint density at radius 2 is 2.05 bits per heavy atom. The molecule has 5 heteroatoms. The van der Waals surface area contributed by atoms with E-state index in [1.165, 1.54) is 56.8 Å². The van der Waals surface area contributed by atoms with Crippen molar-refractivity contribution >= 4 is 17.7 Å². The molecule has 0 saturated carbocycles. The number of nitrogens with zero attached hydrogens (tertiary/aromatic N) is 3. The van der Waals surface area contributed by atoms with Gasteiger partial charge in [-0.25, -0.2) is 0 Å². The number of fused-ring (bicyclic) bond motifs is 1. The fourth-order valence-electron chi connectivity index (χ4n) is 3.25. The molecule has 0 radical (unpaired) electrons. The van der Waals surface area contributed by atoms with E-state index in [0.29, 0.717) is 6.04 Å². The third-order valence-electron chi connectivity index (χ3n) is 4.49. The Morgan fingerprint density at radius 1 is 1.15 bits per heavy atom. The lowest BCUT2D eigenvalue weighted by Gasteiger charge is -2.27.